The van der Waals surface area contributed by atoms with E-state index in [0.717, 1.165) is 12.8 Å². The zero-order valence-electron chi connectivity index (χ0n) is 11.0. The van der Waals surface area contributed by atoms with E-state index in [1.165, 1.54) is 11.8 Å². The van der Waals surface area contributed by atoms with Crippen LogP contribution in [-0.4, -0.2) is 17.4 Å². The number of rotatable bonds is 6. The van der Waals surface area contributed by atoms with E-state index in [-0.39, 0.29) is 5.84 Å². The van der Waals surface area contributed by atoms with Crippen molar-refractivity contribution in [2.24, 2.45) is 5.73 Å². The Morgan fingerprint density at radius 3 is 2.70 bits per heavy atom. The number of nitrogens with two attached hydrogens (primary N) is 1. The van der Waals surface area contributed by atoms with Gasteiger partial charge in [0.15, 0.2) is 0 Å². The van der Waals surface area contributed by atoms with E-state index in [9.17, 15) is 0 Å². The van der Waals surface area contributed by atoms with Crippen molar-refractivity contribution in [2.45, 2.75) is 12.8 Å². The molecule has 5 heteroatoms. The number of ether oxygens (including phenoxy) is 1. The number of amidine groups is 1. The molecule has 0 saturated carbocycles. The molecule has 20 heavy (non-hydrogen) atoms. The van der Waals surface area contributed by atoms with Gasteiger partial charge in [-0.05, 0) is 24.5 Å². The molecule has 104 valence electrons. The van der Waals surface area contributed by atoms with Crippen LogP contribution in [0.25, 0.3) is 0 Å². The zero-order valence-corrected chi connectivity index (χ0v) is 11.7. The molecule has 0 unspecified atom stereocenters. The van der Waals surface area contributed by atoms with Crippen molar-refractivity contribution >= 4 is 17.4 Å². The van der Waals surface area contributed by atoms with Crippen LogP contribution in [0.1, 0.15) is 17.5 Å². The van der Waals surface area contributed by atoms with Crippen molar-refractivity contribution in [2.75, 3.05) is 6.61 Å². The van der Waals surface area contributed by atoms with Crippen LogP contribution in [0, 0.1) is 5.41 Å². The average Bonchev–Trinajstić information content (AvgIpc) is 2.46. The maximum absolute atomic E-state index is 7.41. The molecule has 0 amide bonds. The quantitative estimate of drug-likeness (QED) is 0.488. The minimum absolute atomic E-state index is 0.0912. The Labute approximate surface area is 123 Å². The molecule has 0 saturated heterocycles. The van der Waals surface area contributed by atoms with Crippen molar-refractivity contribution in [3.8, 4) is 5.88 Å². The summed E-state index contributed by atoms with van der Waals surface area (Å²) < 4.78 is 5.55. The highest BCUT2D eigenvalue weighted by molar-refractivity contribution is 6.35. The molecule has 1 aromatic heterocycles. The van der Waals surface area contributed by atoms with Crippen LogP contribution < -0.4 is 10.5 Å². The standard InChI is InChI=1S/C15H16ClN3O/c16-13-12(14(17)18)8-9-19-15(13)20-10-4-7-11-5-2-1-3-6-11/h1-3,5-6,8-9H,4,7,10H2,(H3,17,18). The fraction of sp³-hybridized carbons (Fsp3) is 0.200. The van der Waals surface area contributed by atoms with Crippen LogP contribution in [0.5, 0.6) is 5.88 Å². The van der Waals surface area contributed by atoms with Crippen LogP contribution in [0.2, 0.25) is 5.02 Å². The molecule has 0 aliphatic rings. The number of hydrogen-bond acceptors (Lipinski definition) is 3. The monoisotopic (exact) mass is 289 g/mol. The first-order chi connectivity index (χ1) is 9.68. The summed E-state index contributed by atoms with van der Waals surface area (Å²) in [6.45, 7) is 0.517. The third-order valence-electron chi connectivity index (χ3n) is 2.84. The number of nitrogens with zero attached hydrogens (tertiary/aromatic N) is 1. The molecule has 2 rings (SSSR count). The Bertz CT molecular complexity index is 587. The number of benzene rings is 1. The zero-order chi connectivity index (χ0) is 14.4. The second-order valence-electron chi connectivity index (χ2n) is 4.33. The van der Waals surface area contributed by atoms with E-state index in [1.807, 2.05) is 18.2 Å². The summed E-state index contributed by atoms with van der Waals surface area (Å²) in [5.41, 5.74) is 7.14. The molecular formula is C15H16ClN3O. The lowest BCUT2D eigenvalue weighted by atomic mass is 10.1. The van der Waals surface area contributed by atoms with E-state index in [1.54, 1.807) is 6.07 Å². The summed E-state index contributed by atoms with van der Waals surface area (Å²) in [7, 11) is 0. The van der Waals surface area contributed by atoms with Crippen LogP contribution in [0.4, 0.5) is 0 Å². The summed E-state index contributed by atoms with van der Waals surface area (Å²) >= 11 is 6.09. The summed E-state index contributed by atoms with van der Waals surface area (Å²) in [5, 5.41) is 7.70. The number of nitrogens with one attached hydrogen (secondary N) is 1. The van der Waals surface area contributed by atoms with E-state index in [0.29, 0.717) is 23.1 Å². The summed E-state index contributed by atoms with van der Waals surface area (Å²) in [4.78, 5) is 4.06. The van der Waals surface area contributed by atoms with Crippen molar-refractivity contribution in [1.29, 1.82) is 5.41 Å². The number of hydrogen-bond donors (Lipinski definition) is 2. The molecule has 3 N–H and O–H groups in total. The second kappa shape index (κ2) is 6.91. The van der Waals surface area contributed by atoms with Gasteiger partial charge in [0.1, 0.15) is 10.9 Å². The van der Waals surface area contributed by atoms with Crippen LogP contribution in [-0.2, 0) is 6.42 Å². The Morgan fingerprint density at radius 2 is 2.00 bits per heavy atom. The molecule has 1 heterocycles. The summed E-state index contributed by atoms with van der Waals surface area (Å²) in [6.07, 6.45) is 3.34. The Kier molecular flexibility index (Phi) is 4.96. The molecule has 0 atom stereocenters. The third kappa shape index (κ3) is 3.71. The highest BCUT2D eigenvalue weighted by Crippen LogP contribution is 2.25. The molecule has 1 aromatic carbocycles. The van der Waals surface area contributed by atoms with E-state index in [2.05, 4.69) is 17.1 Å². The van der Waals surface area contributed by atoms with Crippen molar-refractivity contribution in [1.82, 2.24) is 4.98 Å². The minimum atomic E-state index is -0.0912. The van der Waals surface area contributed by atoms with Crippen LogP contribution in [0.3, 0.4) is 0 Å². The van der Waals surface area contributed by atoms with Gasteiger partial charge < -0.3 is 10.5 Å². The molecule has 2 aromatic rings. The first-order valence-corrected chi connectivity index (χ1v) is 6.72. The predicted molar refractivity (Wildman–Crippen MR) is 80.5 cm³/mol. The normalized spacial score (nSPS) is 10.2. The number of aromatic nitrogens is 1. The SMILES string of the molecule is N=C(N)c1ccnc(OCCCc2ccccc2)c1Cl. The van der Waals surface area contributed by atoms with Gasteiger partial charge in [0.2, 0.25) is 5.88 Å². The van der Waals surface area contributed by atoms with E-state index in [4.69, 9.17) is 27.5 Å². The second-order valence-corrected chi connectivity index (χ2v) is 4.71. The molecule has 0 spiro atoms. The van der Waals surface area contributed by atoms with Crippen molar-refractivity contribution in [3.63, 3.8) is 0 Å². The average molecular weight is 290 g/mol. The molecule has 0 aliphatic heterocycles. The Hall–Kier alpha value is -2.07. The van der Waals surface area contributed by atoms with E-state index < -0.39 is 0 Å². The lowest BCUT2D eigenvalue weighted by molar-refractivity contribution is 0.299. The molecular weight excluding hydrogens is 274 g/mol. The first kappa shape index (κ1) is 14.3. The van der Waals surface area contributed by atoms with Gasteiger partial charge in [-0.25, -0.2) is 4.98 Å². The summed E-state index contributed by atoms with van der Waals surface area (Å²) in [5.74, 6) is 0.235. The predicted octanol–water partition coefficient (Wildman–Crippen LogP) is 3.03. The van der Waals surface area contributed by atoms with Gasteiger partial charge in [0, 0.05) is 11.8 Å². The van der Waals surface area contributed by atoms with Gasteiger partial charge in [0.25, 0.3) is 0 Å². The molecule has 4 nitrogen and oxygen atoms in total. The van der Waals surface area contributed by atoms with Crippen molar-refractivity contribution < 1.29 is 4.74 Å². The molecule has 0 radical (unpaired) electrons. The Morgan fingerprint density at radius 1 is 1.25 bits per heavy atom. The number of halogens is 1. The van der Waals surface area contributed by atoms with Gasteiger partial charge in [-0.3, -0.25) is 5.41 Å². The van der Waals surface area contributed by atoms with Gasteiger partial charge in [-0.2, -0.15) is 0 Å². The lowest BCUT2D eigenvalue weighted by Crippen LogP contribution is -2.13. The van der Waals surface area contributed by atoms with Gasteiger partial charge in [0.05, 0.1) is 6.61 Å². The molecule has 0 aliphatic carbocycles. The summed E-state index contributed by atoms with van der Waals surface area (Å²) in [6, 6.07) is 11.8. The smallest absolute Gasteiger partial charge is 0.233 e. The van der Waals surface area contributed by atoms with Crippen LogP contribution in [0.15, 0.2) is 42.6 Å². The number of pyridine rings is 1. The number of nitrogen functional groups attached to an aromatic ring is 1. The van der Waals surface area contributed by atoms with Crippen molar-refractivity contribution in [3.05, 3.63) is 58.7 Å². The lowest BCUT2D eigenvalue weighted by Gasteiger charge is -2.09. The highest BCUT2D eigenvalue weighted by Gasteiger charge is 2.10. The van der Waals surface area contributed by atoms with Gasteiger partial charge >= 0.3 is 0 Å². The van der Waals surface area contributed by atoms with Gasteiger partial charge in [-0.15, -0.1) is 0 Å². The maximum Gasteiger partial charge on any atom is 0.233 e. The molecule has 0 fully saturated rings. The highest BCUT2D eigenvalue weighted by atomic mass is 35.5. The van der Waals surface area contributed by atoms with Gasteiger partial charge in [-0.1, -0.05) is 41.9 Å². The fourth-order valence-electron chi connectivity index (χ4n) is 1.82. The Balaban J connectivity index is 1.88. The topological polar surface area (TPSA) is 72.0 Å². The maximum atomic E-state index is 7.41. The fourth-order valence-corrected chi connectivity index (χ4v) is 2.09. The van der Waals surface area contributed by atoms with E-state index >= 15 is 0 Å². The first-order valence-electron chi connectivity index (χ1n) is 6.34. The minimum Gasteiger partial charge on any atom is -0.477 e. The van der Waals surface area contributed by atoms with Crippen LogP contribution >= 0.6 is 11.6 Å². The third-order valence-corrected chi connectivity index (χ3v) is 3.20. The largest absolute Gasteiger partial charge is 0.477 e. The number of aryl methyl sites for hydroxylation is 1. The molecule has 0 bridgehead atoms.